The summed E-state index contributed by atoms with van der Waals surface area (Å²) in [6.45, 7) is 7.32. The molecule has 4 fully saturated rings. The Hall–Kier alpha value is -1.55. The Kier molecular flexibility index (Phi) is 4.03. The molecule has 1 saturated carbocycles. The minimum absolute atomic E-state index is 0.0566. The van der Waals surface area contributed by atoms with E-state index in [1.807, 2.05) is 0 Å². The van der Waals surface area contributed by atoms with Gasteiger partial charge in [0.2, 0.25) is 0 Å². The Morgan fingerprint density at radius 3 is 2.58 bits per heavy atom. The molecule has 3 aliphatic heterocycles. The van der Waals surface area contributed by atoms with Gasteiger partial charge in [0.1, 0.15) is 6.10 Å². The molecule has 3 heterocycles. The Labute approximate surface area is 144 Å². The molecule has 4 heteroatoms. The maximum atomic E-state index is 12.5. The molecule has 1 amide bonds. The number of hydrogen-bond acceptors (Lipinski definition) is 3. The summed E-state index contributed by atoms with van der Waals surface area (Å²) in [5.74, 6) is 1.27. The van der Waals surface area contributed by atoms with E-state index in [4.69, 9.17) is 4.74 Å². The summed E-state index contributed by atoms with van der Waals surface area (Å²) in [7, 11) is 0. The van der Waals surface area contributed by atoms with Gasteiger partial charge in [0, 0.05) is 6.54 Å². The third-order valence-electron chi connectivity index (χ3n) is 5.93. The van der Waals surface area contributed by atoms with Gasteiger partial charge in [0.15, 0.2) is 0 Å². The van der Waals surface area contributed by atoms with Crippen molar-refractivity contribution in [1.82, 2.24) is 10.2 Å². The molecule has 3 saturated heterocycles. The summed E-state index contributed by atoms with van der Waals surface area (Å²) < 4.78 is 5.78. The van der Waals surface area contributed by atoms with E-state index in [-0.39, 0.29) is 12.2 Å². The summed E-state index contributed by atoms with van der Waals surface area (Å²) in [6, 6.07) is 8.64. The van der Waals surface area contributed by atoms with E-state index in [0.717, 1.165) is 44.0 Å². The number of carbonyl (C=O) groups excluding carboxylic acids is 1. The lowest BCUT2D eigenvalue weighted by molar-refractivity contribution is -0.0349. The Bertz CT molecular complexity index is 616. The number of rotatable bonds is 4. The molecule has 5 rings (SSSR count). The van der Waals surface area contributed by atoms with Crippen molar-refractivity contribution in [1.29, 1.82) is 0 Å². The second-order valence-corrected chi connectivity index (χ2v) is 8.23. The van der Waals surface area contributed by atoms with Crippen LogP contribution in [0.2, 0.25) is 0 Å². The highest BCUT2D eigenvalue weighted by atomic mass is 16.6. The first-order valence-electron chi connectivity index (χ1n) is 9.33. The second kappa shape index (κ2) is 6.07. The molecular weight excluding hydrogens is 300 g/mol. The average Bonchev–Trinajstić information content (AvgIpc) is 3.40. The van der Waals surface area contributed by atoms with Crippen LogP contribution in [-0.4, -0.2) is 36.7 Å². The van der Waals surface area contributed by atoms with Crippen molar-refractivity contribution in [3.8, 4) is 0 Å². The number of fused-ring (bicyclic) bond motifs is 3. The molecule has 1 aromatic rings. The van der Waals surface area contributed by atoms with Crippen molar-refractivity contribution in [2.24, 2.45) is 5.92 Å². The van der Waals surface area contributed by atoms with Gasteiger partial charge < -0.3 is 10.1 Å². The zero-order valence-corrected chi connectivity index (χ0v) is 14.8. The largest absolute Gasteiger partial charge is 0.445 e. The summed E-state index contributed by atoms with van der Waals surface area (Å²) in [6.07, 6.45) is 4.67. The first-order valence-corrected chi connectivity index (χ1v) is 9.33. The zero-order chi connectivity index (χ0) is 16.7. The van der Waals surface area contributed by atoms with Gasteiger partial charge in [0.25, 0.3) is 0 Å². The van der Waals surface area contributed by atoms with Gasteiger partial charge in [-0.1, -0.05) is 24.3 Å². The lowest BCUT2D eigenvalue weighted by Crippen LogP contribution is -2.53. The molecule has 1 aliphatic carbocycles. The zero-order valence-electron chi connectivity index (χ0n) is 14.8. The molecule has 1 aromatic carbocycles. The number of amides is 1. The first kappa shape index (κ1) is 15.9. The standard InChI is InChI=1S/C20H28N2O2/c1-20(2,17-5-3-4-16(12-17)14-6-7-14)21-19(23)24-18-13-22-10-8-15(18)9-11-22/h3-5,12,14-15,18H,6-11,13H2,1-2H3,(H,21,23). The number of piperidine rings is 3. The molecule has 1 atom stereocenters. The fourth-order valence-corrected chi connectivity index (χ4v) is 4.14. The monoisotopic (exact) mass is 328 g/mol. The van der Waals surface area contributed by atoms with Crippen LogP contribution < -0.4 is 5.32 Å². The second-order valence-electron chi connectivity index (χ2n) is 8.23. The molecule has 1 unspecified atom stereocenters. The molecule has 24 heavy (non-hydrogen) atoms. The fourth-order valence-electron chi connectivity index (χ4n) is 4.14. The smallest absolute Gasteiger partial charge is 0.408 e. The van der Waals surface area contributed by atoms with Crippen LogP contribution in [-0.2, 0) is 10.3 Å². The molecule has 0 radical (unpaired) electrons. The summed E-state index contributed by atoms with van der Waals surface area (Å²) in [5.41, 5.74) is 2.13. The van der Waals surface area contributed by atoms with Crippen molar-refractivity contribution in [3.05, 3.63) is 35.4 Å². The van der Waals surface area contributed by atoms with Crippen LogP contribution in [0.15, 0.2) is 24.3 Å². The first-order chi connectivity index (χ1) is 11.5. The Morgan fingerprint density at radius 1 is 1.21 bits per heavy atom. The van der Waals surface area contributed by atoms with Gasteiger partial charge in [-0.3, -0.25) is 4.90 Å². The fraction of sp³-hybridized carbons (Fsp3) is 0.650. The Morgan fingerprint density at radius 2 is 1.96 bits per heavy atom. The van der Waals surface area contributed by atoms with E-state index < -0.39 is 5.54 Å². The quantitative estimate of drug-likeness (QED) is 0.918. The normalized spacial score (nSPS) is 29.3. The van der Waals surface area contributed by atoms with E-state index in [9.17, 15) is 4.79 Å². The predicted octanol–water partition coefficient (Wildman–Crippen LogP) is 3.62. The lowest BCUT2D eigenvalue weighted by atomic mass is 9.86. The summed E-state index contributed by atoms with van der Waals surface area (Å²) in [5, 5.41) is 3.09. The molecule has 0 aromatic heterocycles. The van der Waals surface area contributed by atoms with Crippen LogP contribution in [0.3, 0.4) is 0 Å². The van der Waals surface area contributed by atoms with Crippen LogP contribution in [0.4, 0.5) is 4.79 Å². The van der Waals surface area contributed by atoms with Gasteiger partial charge in [-0.15, -0.1) is 0 Å². The van der Waals surface area contributed by atoms with Crippen LogP contribution in [0, 0.1) is 5.92 Å². The van der Waals surface area contributed by atoms with Crippen LogP contribution >= 0.6 is 0 Å². The SMILES string of the molecule is CC(C)(NC(=O)OC1CN2CCC1CC2)c1cccc(C2CC2)c1. The predicted molar refractivity (Wildman–Crippen MR) is 94.0 cm³/mol. The van der Waals surface area contributed by atoms with E-state index in [1.54, 1.807) is 0 Å². The van der Waals surface area contributed by atoms with Gasteiger partial charge in [-0.25, -0.2) is 4.79 Å². The maximum Gasteiger partial charge on any atom is 0.408 e. The highest BCUT2D eigenvalue weighted by Gasteiger charge is 2.37. The third kappa shape index (κ3) is 3.30. The minimum Gasteiger partial charge on any atom is -0.445 e. The molecule has 2 bridgehead atoms. The summed E-state index contributed by atoms with van der Waals surface area (Å²) in [4.78, 5) is 14.9. The van der Waals surface area contributed by atoms with Gasteiger partial charge >= 0.3 is 6.09 Å². The van der Waals surface area contributed by atoms with Gasteiger partial charge in [-0.05, 0) is 75.6 Å². The van der Waals surface area contributed by atoms with E-state index in [1.165, 1.54) is 18.4 Å². The third-order valence-corrected chi connectivity index (χ3v) is 5.93. The van der Waals surface area contributed by atoms with Crippen molar-refractivity contribution in [3.63, 3.8) is 0 Å². The highest BCUT2D eigenvalue weighted by Crippen LogP contribution is 2.41. The molecular formula is C20H28N2O2. The minimum atomic E-state index is -0.421. The van der Waals surface area contributed by atoms with Crippen molar-refractivity contribution < 1.29 is 9.53 Å². The summed E-state index contributed by atoms with van der Waals surface area (Å²) >= 11 is 0. The molecule has 4 nitrogen and oxygen atoms in total. The number of carbonyl (C=O) groups is 1. The average molecular weight is 328 g/mol. The lowest BCUT2D eigenvalue weighted by Gasteiger charge is -2.44. The van der Waals surface area contributed by atoms with E-state index in [2.05, 4.69) is 48.3 Å². The number of hydrogen-bond donors (Lipinski definition) is 1. The highest BCUT2D eigenvalue weighted by molar-refractivity contribution is 5.69. The van der Waals surface area contributed by atoms with E-state index in [0.29, 0.717) is 5.92 Å². The molecule has 0 spiro atoms. The Balaban J connectivity index is 1.39. The number of alkyl carbamates (subject to hydrolysis) is 1. The number of benzene rings is 1. The maximum absolute atomic E-state index is 12.5. The van der Waals surface area contributed by atoms with Crippen LogP contribution in [0.25, 0.3) is 0 Å². The van der Waals surface area contributed by atoms with Gasteiger partial charge in [0.05, 0.1) is 5.54 Å². The van der Waals surface area contributed by atoms with Crippen LogP contribution in [0.1, 0.15) is 56.6 Å². The molecule has 130 valence electrons. The van der Waals surface area contributed by atoms with Crippen molar-refractivity contribution >= 4 is 6.09 Å². The topological polar surface area (TPSA) is 41.6 Å². The molecule has 4 aliphatic rings. The van der Waals surface area contributed by atoms with Crippen molar-refractivity contribution in [2.45, 2.75) is 57.1 Å². The number of ether oxygens (including phenoxy) is 1. The van der Waals surface area contributed by atoms with Gasteiger partial charge in [-0.2, -0.15) is 0 Å². The van der Waals surface area contributed by atoms with Crippen LogP contribution in [0.5, 0.6) is 0 Å². The van der Waals surface area contributed by atoms with E-state index >= 15 is 0 Å². The number of nitrogens with one attached hydrogen (secondary N) is 1. The number of nitrogens with zero attached hydrogens (tertiary/aromatic N) is 1. The molecule has 1 N–H and O–H groups in total. The van der Waals surface area contributed by atoms with Crippen molar-refractivity contribution in [2.75, 3.05) is 19.6 Å².